The van der Waals surface area contributed by atoms with Gasteiger partial charge in [0.25, 0.3) is 0 Å². The summed E-state index contributed by atoms with van der Waals surface area (Å²) >= 11 is 6.45. The molecule has 0 saturated heterocycles. The molecule has 5 heteroatoms. The lowest BCUT2D eigenvalue weighted by atomic mass is 10.2. The fourth-order valence-electron chi connectivity index (χ4n) is 2.45. The Labute approximate surface area is 137 Å². The molecular weight excluding hydrogens is 298 g/mol. The van der Waals surface area contributed by atoms with E-state index >= 15 is 0 Å². The van der Waals surface area contributed by atoms with Crippen molar-refractivity contribution in [3.05, 3.63) is 52.3 Å². The molecule has 0 aliphatic carbocycles. The lowest BCUT2D eigenvalue weighted by Gasteiger charge is -2.10. The summed E-state index contributed by atoms with van der Waals surface area (Å²) in [7, 11) is 0. The number of aromatic nitrogens is 2. The third kappa shape index (κ3) is 4.57. The van der Waals surface area contributed by atoms with Crippen molar-refractivity contribution >= 4 is 11.6 Å². The van der Waals surface area contributed by atoms with Crippen LogP contribution in [0.15, 0.2) is 30.3 Å². The first-order valence-corrected chi connectivity index (χ1v) is 8.14. The van der Waals surface area contributed by atoms with Gasteiger partial charge in [0.15, 0.2) is 0 Å². The molecule has 120 valence electrons. The van der Waals surface area contributed by atoms with Gasteiger partial charge in [-0.25, -0.2) is 4.68 Å². The number of benzene rings is 1. The van der Waals surface area contributed by atoms with Crippen molar-refractivity contribution in [2.24, 2.45) is 0 Å². The summed E-state index contributed by atoms with van der Waals surface area (Å²) < 4.78 is 1.83. The maximum absolute atomic E-state index is 9.75. The van der Waals surface area contributed by atoms with Gasteiger partial charge in [-0.1, -0.05) is 55.3 Å². The van der Waals surface area contributed by atoms with E-state index in [0.717, 1.165) is 24.1 Å². The fraction of sp³-hybridized carbons (Fsp3) is 0.471. The summed E-state index contributed by atoms with van der Waals surface area (Å²) in [5.74, 6) is 0. The van der Waals surface area contributed by atoms with Crippen molar-refractivity contribution in [1.82, 2.24) is 15.1 Å². The zero-order valence-corrected chi connectivity index (χ0v) is 14.0. The molecule has 0 fully saturated rings. The average Bonchev–Trinajstić information content (AvgIpc) is 2.76. The first-order valence-electron chi connectivity index (χ1n) is 7.76. The van der Waals surface area contributed by atoms with Gasteiger partial charge in [0.2, 0.25) is 0 Å². The first kappa shape index (κ1) is 17.0. The number of hydrogen-bond acceptors (Lipinski definition) is 3. The van der Waals surface area contributed by atoms with Crippen LogP contribution in [0.5, 0.6) is 0 Å². The van der Waals surface area contributed by atoms with Gasteiger partial charge in [-0.3, -0.25) is 0 Å². The molecule has 2 N–H and O–H groups in total. The quantitative estimate of drug-likeness (QED) is 0.785. The number of hydrogen-bond donors (Lipinski definition) is 2. The number of aliphatic hydroxyl groups is 1. The molecule has 1 aromatic heterocycles. The van der Waals surface area contributed by atoms with Crippen LogP contribution < -0.4 is 5.32 Å². The smallest absolute Gasteiger partial charge is 0.132 e. The molecule has 0 bridgehead atoms. The van der Waals surface area contributed by atoms with Crippen LogP contribution in [0.1, 0.15) is 36.6 Å². The van der Waals surface area contributed by atoms with E-state index in [2.05, 4.69) is 29.5 Å². The number of nitrogens with zero attached hydrogens (tertiary/aromatic N) is 2. The minimum atomic E-state index is -0.302. The number of rotatable bonds is 8. The van der Waals surface area contributed by atoms with Crippen LogP contribution in [0.4, 0.5) is 0 Å². The lowest BCUT2D eigenvalue weighted by Crippen LogP contribution is -2.26. The number of aliphatic hydroxyl groups excluding tert-OH is 1. The zero-order valence-electron chi connectivity index (χ0n) is 13.2. The fourth-order valence-corrected chi connectivity index (χ4v) is 2.75. The van der Waals surface area contributed by atoms with Gasteiger partial charge in [-0.15, -0.1) is 0 Å². The third-order valence-electron chi connectivity index (χ3n) is 3.66. The van der Waals surface area contributed by atoms with Crippen molar-refractivity contribution in [2.45, 2.75) is 45.9 Å². The monoisotopic (exact) mass is 321 g/mol. The molecular formula is C17H24ClN3O. The van der Waals surface area contributed by atoms with Gasteiger partial charge < -0.3 is 10.4 Å². The molecule has 1 aromatic carbocycles. The van der Waals surface area contributed by atoms with Crippen molar-refractivity contribution in [2.75, 3.05) is 6.54 Å². The maximum Gasteiger partial charge on any atom is 0.132 e. The van der Waals surface area contributed by atoms with Gasteiger partial charge in [-0.05, 0) is 18.9 Å². The summed E-state index contributed by atoms with van der Waals surface area (Å²) in [5.41, 5.74) is 3.10. The molecule has 4 nitrogen and oxygen atoms in total. The molecule has 0 amide bonds. The number of aryl methyl sites for hydroxylation is 1. The van der Waals surface area contributed by atoms with Crippen molar-refractivity contribution in [3.63, 3.8) is 0 Å². The van der Waals surface area contributed by atoms with Crippen LogP contribution in [0, 0.1) is 6.92 Å². The highest BCUT2D eigenvalue weighted by atomic mass is 35.5. The Bertz CT molecular complexity index is 583. The van der Waals surface area contributed by atoms with Gasteiger partial charge >= 0.3 is 0 Å². The van der Waals surface area contributed by atoms with Gasteiger partial charge in [0.05, 0.1) is 18.3 Å². The number of halogens is 1. The first-order chi connectivity index (χ1) is 10.6. The van der Waals surface area contributed by atoms with Crippen LogP contribution in [-0.2, 0) is 13.1 Å². The van der Waals surface area contributed by atoms with Gasteiger partial charge in [-0.2, -0.15) is 5.10 Å². The second-order valence-corrected chi connectivity index (χ2v) is 5.93. The summed E-state index contributed by atoms with van der Waals surface area (Å²) in [6.45, 7) is 5.90. The van der Waals surface area contributed by atoms with Crippen molar-refractivity contribution in [3.8, 4) is 0 Å². The Kier molecular flexibility index (Phi) is 6.43. The third-order valence-corrected chi connectivity index (χ3v) is 4.09. The lowest BCUT2D eigenvalue weighted by molar-refractivity contribution is 0.160. The number of nitrogens with one attached hydrogen (secondary N) is 1. The van der Waals surface area contributed by atoms with E-state index < -0.39 is 0 Å². The molecule has 1 atom stereocenters. The zero-order chi connectivity index (χ0) is 15.9. The predicted molar refractivity (Wildman–Crippen MR) is 90.1 cm³/mol. The molecule has 1 unspecified atom stereocenters. The molecule has 0 spiro atoms. The largest absolute Gasteiger partial charge is 0.392 e. The van der Waals surface area contributed by atoms with Gasteiger partial charge in [0.1, 0.15) is 5.15 Å². The molecule has 0 aliphatic heterocycles. The summed E-state index contributed by atoms with van der Waals surface area (Å²) in [6, 6.07) is 10.1. The van der Waals surface area contributed by atoms with E-state index in [4.69, 9.17) is 11.6 Å². The van der Waals surface area contributed by atoms with E-state index in [-0.39, 0.29) is 6.10 Å². The average molecular weight is 322 g/mol. The minimum Gasteiger partial charge on any atom is -0.392 e. The molecule has 2 rings (SSSR count). The highest BCUT2D eigenvalue weighted by Gasteiger charge is 2.13. The van der Waals surface area contributed by atoms with Crippen molar-refractivity contribution in [1.29, 1.82) is 0 Å². The standard InChI is InChI=1S/C17H24ClN3O/c1-3-7-15(22)10-19-11-16-13(2)20-21(17(16)18)12-14-8-5-4-6-9-14/h4-6,8-9,15,19,22H,3,7,10-12H2,1-2H3. The highest BCUT2D eigenvalue weighted by molar-refractivity contribution is 6.30. The summed E-state index contributed by atoms with van der Waals surface area (Å²) in [4.78, 5) is 0. The molecule has 2 aromatic rings. The van der Waals surface area contributed by atoms with Gasteiger partial charge in [0, 0.05) is 18.7 Å². The van der Waals surface area contributed by atoms with Crippen LogP contribution in [-0.4, -0.2) is 27.5 Å². The van der Waals surface area contributed by atoms with E-state index in [1.807, 2.05) is 29.8 Å². The topological polar surface area (TPSA) is 50.1 Å². The summed E-state index contributed by atoms with van der Waals surface area (Å²) in [5, 5.41) is 18.2. The van der Waals surface area contributed by atoms with E-state index in [1.54, 1.807) is 0 Å². The maximum atomic E-state index is 9.75. The van der Waals surface area contributed by atoms with E-state index in [0.29, 0.717) is 24.8 Å². The van der Waals surface area contributed by atoms with Crippen molar-refractivity contribution < 1.29 is 5.11 Å². The van der Waals surface area contributed by atoms with Crippen LogP contribution >= 0.6 is 11.6 Å². The Morgan fingerprint density at radius 2 is 2.05 bits per heavy atom. The summed E-state index contributed by atoms with van der Waals surface area (Å²) in [6.07, 6.45) is 1.49. The van der Waals surface area contributed by atoms with Crippen LogP contribution in [0.3, 0.4) is 0 Å². The second-order valence-electron chi connectivity index (χ2n) is 5.57. The van der Waals surface area contributed by atoms with Crippen LogP contribution in [0.25, 0.3) is 0 Å². The van der Waals surface area contributed by atoms with Crippen LogP contribution in [0.2, 0.25) is 5.15 Å². The molecule has 0 aliphatic rings. The molecule has 1 heterocycles. The minimum absolute atomic E-state index is 0.302. The van der Waals surface area contributed by atoms with E-state index in [9.17, 15) is 5.11 Å². The Morgan fingerprint density at radius 1 is 1.32 bits per heavy atom. The highest BCUT2D eigenvalue weighted by Crippen LogP contribution is 2.20. The molecule has 0 radical (unpaired) electrons. The molecule has 22 heavy (non-hydrogen) atoms. The Balaban J connectivity index is 1.98. The SMILES string of the molecule is CCCC(O)CNCc1c(C)nn(Cc2ccccc2)c1Cl. The second kappa shape index (κ2) is 8.32. The van der Waals surface area contributed by atoms with E-state index in [1.165, 1.54) is 5.56 Å². The predicted octanol–water partition coefficient (Wildman–Crippen LogP) is 3.14. The Hall–Kier alpha value is -1.36. The Morgan fingerprint density at radius 3 is 2.73 bits per heavy atom. The molecule has 0 saturated carbocycles. The normalized spacial score (nSPS) is 12.5.